The van der Waals surface area contributed by atoms with Gasteiger partial charge >= 0.3 is 0 Å². The first kappa shape index (κ1) is 37.4. The van der Waals surface area contributed by atoms with Gasteiger partial charge in [-0.3, -0.25) is 0 Å². The molecule has 74 heavy (non-hydrogen) atoms. The number of benzene rings is 11. The molecular formula is C70H45N3S. The van der Waals surface area contributed by atoms with Crippen molar-refractivity contribution in [2.45, 2.75) is 5.41 Å². The lowest BCUT2D eigenvalue weighted by Gasteiger charge is -2.34. The summed E-state index contributed by atoms with van der Waals surface area (Å²) in [5.74, 6) is 0.691. The molecule has 0 saturated heterocycles. The van der Waals surface area contributed by atoms with Crippen molar-refractivity contribution in [3.05, 3.63) is 295 Å². The number of thiophene rings is 1. The van der Waals surface area contributed by atoms with E-state index in [1.165, 1.54) is 0 Å². The maximum atomic E-state index is 10.1. The van der Waals surface area contributed by atoms with Crippen LogP contribution in [0.2, 0.25) is 0 Å². The second-order valence-electron chi connectivity index (χ2n) is 18.6. The minimum absolute atomic E-state index is 0.0297. The van der Waals surface area contributed by atoms with E-state index in [0.717, 1.165) is 78.1 Å². The molecule has 0 N–H and O–H groups in total. The second-order valence-corrected chi connectivity index (χ2v) is 19.6. The van der Waals surface area contributed by atoms with Crippen molar-refractivity contribution in [2.24, 2.45) is 0 Å². The summed E-state index contributed by atoms with van der Waals surface area (Å²) in [6.45, 7) is 0. The topological polar surface area (TPSA) is 38.7 Å². The third-order valence-electron chi connectivity index (χ3n) is 14.2. The lowest BCUT2D eigenvalue weighted by atomic mass is 9.67. The van der Waals surface area contributed by atoms with E-state index in [9.17, 15) is 8.22 Å². The van der Waals surface area contributed by atoms with E-state index in [1.807, 2.05) is 146 Å². The molecule has 346 valence electrons. The molecule has 2 aromatic heterocycles. The lowest BCUT2D eigenvalue weighted by Crippen LogP contribution is -2.28. The minimum atomic E-state index is -0.705. The van der Waals surface area contributed by atoms with Crippen LogP contribution in [0.5, 0.6) is 0 Å². The maximum absolute atomic E-state index is 10.1. The average molecular weight is 966 g/mol. The van der Waals surface area contributed by atoms with Crippen LogP contribution in [0.15, 0.2) is 273 Å². The predicted molar refractivity (Wildman–Crippen MR) is 308 cm³/mol. The highest BCUT2D eigenvalue weighted by Gasteiger charge is 2.46. The first-order valence-electron chi connectivity index (χ1n) is 27.7. The van der Waals surface area contributed by atoms with Crippen molar-refractivity contribution in [1.82, 2.24) is 15.0 Å². The fourth-order valence-electron chi connectivity index (χ4n) is 10.8. The molecule has 0 bridgehead atoms. The molecule has 11 aromatic carbocycles. The number of rotatable bonds is 9. The van der Waals surface area contributed by atoms with E-state index in [1.54, 1.807) is 0 Å². The van der Waals surface area contributed by atoms with Crippen molar-refractivity contribution < 1.29 is 8.22 Å². The summed E-state index contributed by atoms with van der Waals surface area (Å²) in [6, 6.07) is 79.0. The van der Waals surface area contributed by atoms with Gasteiger partial charge in [0.25, 0.3) is 0 Å². The molecule has 0 fully saturated rings. The number of hydrogen-bond acceptors (Lipinski definition) is 4. The lowest BCUT2D eigenvalue weighted by molar-refractivity contribution is 0.768. The van der Waals surface area contributed by atoms with Crippen molar-refractivity contribution in [1.29, 1.82) is 0 Å². The van der Waals surface area contributed by atoms with Crippen LogP contribution in [-0.2, 0) is 5.41 Å². The van der Waals surface area contributed by atoms with E-state index in [4.69, 9.17) is 15.0 Å². The van der Waals surface area contributed by atoms with Crippen LogP contribution < -0.4 is 0 Å². The van der Waals surface area contributed by atoms with Crippen LogP contribution >= 0.6 is 11.3 Å². The number of hydrogen-bond donors (Lipinski definition) is 0. The molecule has 0 spiro atoms. The molecule has 0 saturated carbocycles. The average Bonchev–Trinajstić information content (AvgIpc) is 3.33. The summed E-state index contributed by atoms with van der Waals surface area (Å²) < 4.78 is 59.4. The number of nitrogens with zero attached hydrogens (tertiary/aromatic N) is 3. The zero-order chi connectivity index (χ0) is 54.2. The van der Waals surface area contributed by atoms with Gasteiger partial charge in [0, 0.05) is 36.9 Å². The van der Waals surface area contributed by atoms with E-state index < -0.39 is 5.41 Å². The van der Waals surface area contributed by atoms with Crippen LogP contribution in [0.1, 0.15) is 30.5 Å². The smallest absolute Gasteiger partial charge is 0.164 e. The molecule has 0 aliphatic heterocycles. The fraction of sp³-hybridized carbons (Fsp3) is 0.0143. The monoisotopic (exact) mass is 965 g/mol. The molecule has 14 rings (SSSR count). The summed E-state index contributed by atoms with van der Waals surface area (Å²) in [4.78, 5) is 15.6. The third kappa shape index (κ3) is 7.46. The highest BCUT2D eigenvalue weighted by molar-refractivity contribution is 7.25. The summed E-state index contributed by atoms with van der Waals surface area (Å²) >= 11 is 1.09. The Labute approximate surface area is 442 Å². The van der Waals surface area contributed by atoms with Gasteiger partial charge in [-0.1, -0.05) is 224 Å². The van der Waals surface area contributed by atoms with Gasteiger partial charge in [-0.05, 0) is 126 Å². The highest BCUT2D eigenvalue weighted by atomic mass is 32.1. The van der Waals surface area contributed by atoms with E-state index in [2.05, 4.69) is 91.0 Å². The van der Waals surface area contributed by atoms with E-state index in [0.29, 0.717) is 37.7 Å². The van der Waals surface area contributed by atoms with Gasteiger partial charge in [0.05, 0.1) is 13.6 Å². The summed E-state index contributed by atoms with van der Waals surface area (Å²) in [7, 11) is 0. The van der Waals surface area contributed by atoms with Gasteiger partial charge in [-0.2, -0.15) is 0 Å². The number of aromatic nitrogens is 3. The van der Waals surface area contributed by atoms with E-state index in [-0.39, 0.29) is 64.0 Å². The molecule has 0 amide bonds. The molecule has 0 radical (unpaired) electrons. The summed E-state index contributed by atoms with van der Waals surface area (Å²) in [5, 5.41) is 0.479. The van der Waals surface area contributed by atoms with Crippen molar-refractivity contribution in [3.63, 3.8) is 0 Å². The summed E-state index contributed by atoms with van der Waals surface area (Å²) in [6.07, 6.45) is 0. The molecule has 3 nitrogen and oxygen atoms in total. The Balaban J connectivity index is 0.990. The fourth-order valence-corrected chi connectivity index (χ4v) is 11.8. The Morgan fingerprint density at radius 2 is 0.757 bits per heavy atom. The zero-order valence-corrected chi connectivity index (χ0v) is 40.6. The zero-order valence-electron chi connectivity index (χ0n) is 45.8. The van der Waals surface area contributed by atoms with Gasteiger partial charge < -0.3 is 0 Å². The second kappa shape index (κ2) is 18.0. The molecule has 1 aliphatic rings. The molecular weight excluding hydrogens is 915 g/mol. The van der Waals surface area contributed by atoms with Gasteiger partial charge in [-0.15, -0.1) is 11.3 Å². The van der Waals surface area contributed by atoms with Crippen LogP contribution in [-0.4, -0.2) is 15.0 Å². The number of fused-ring (bicyclic) bond motifs is 6. The third-order valence-corrected chi connectivity index (χ3v) is 15.3. The highest BCUT2D eigenvalue weighted by Crippen LogP contribution is 2.56. The van der Waals surface area contributed by atoms with Crippen molar-refractivity contribution in [2.75, 3.05) is 0 Å². The SMILES string of the molecule is [2H]c1c(-c2cc(-c3ccccc3)cc(-c3ccccc3)c2)c([2H])c2c(sc3c([2H])c(-c4nc(-c5cccc(-c6ccccc6)c5)nc(-c5ccc6c(c5)C(c5ccccc5)(c5ccccc5)c5ccccc5-6)n4)c([2H])c([2H])c32)c1[2H]. The maximum Gasteiger partial charge on any atom is 0.164 e. The van der Waals surface area contributed by atoms with Crippen molar-refractivity contribution in [3.8, 4) is 89.8 Å². The largest absolute Gasteiger partial charge is 0.208 e. The molecule has 0 unspecified atom stereocenters. The van der Waals surface area contributed by atoms with Crippen LogP contribution in [0, 0.1) is 0 Å². The molecule has 0 atom stereocenters. The van der Waals surface area contributed by atoms with Crippen molar-refractivity contribution >= 4 is 31.5 Å². The van der Waals surface area contributed by atoms with Gasteiger partial charge in [0.1, 0.15) is 0 Å². The van der Waals surface area contributed by atoms with Gasteiger partial charge in [0.2, 0.25) is 0 Å². The normalized spacial score (nSPS) is 13.6. The quantitative estimate of drug-likeness (QED) is 0.145. The molecule has 2 heterocycles. The van der Waals surface area contributed by atoms with Gasteiger partial charge in [-0.25, -0.2) is 15.0 Å². The molecule has 1 aliphatic carbocycles. The summed E-state index contributed by atoms with van der Waals surface area (Å²) in [5.41, 5.74) is 13.8. The Bertz CT molecular complexity index is 4500. The predicted octanol–water partition coefficient (Wildman–Crippen LogP) is 18.3. The van der Waals surface area contributed by atoms with Crippen LogP contribution in [0.25, 0.3) is 110 Å². The standard InChI is InChI=1S/C70H45N3S/c1-6-19-46(20-7-1)49-25-18-26-51(39-49)67-71-68(52-33-36-60-59-31-16-17-32-63(59)70(64(60)44-52,57-27-12-4-13-28-57)58-29-14-5-15-30-58)73-69(72-67)53-34-37-61-62-43-50(35-38-65(62)74-66(61)45-53)56-41-54(47-21-8-2-9-22-47)40-55(42-56)48-23-10-3-11-24-48/h1-45H/i34D,35D,37D,38D,43D,45D. The van der Waals surface area contributed by atoms with Crippen LogP contribution in [0.4, 0.5) is 0 Å². The Morgan fingerprint density at radius 3 is 1.38 bits per heavy atom. The molecule has 4 heteroatoms. The first-order valence-corrected chi connectivity index (χ1v) is 25.5. The molecule has 13 aromatic rings. The van der Waals surface area contributed by atoms with E-state index >= 15 is 0 Å². The Hall–Kier alpha value is -9.35. The minimum Gasteiger partial charge on any atom is -0.208 e. The Kier molecular flexibility index (Phi) is 9.13. The van der Waals surface area contributed by atoms with Gasteiger partial charge in [0.15, 0.2) is 17.5 Å². The first-order chi connectivity index (χ1) is 39.2. The van der Waals surface area contributed by atoms with Crippen LogP contribution in [0.3, 0.4) is 0 Å². The Morgan fingerprint density at radius 1 is 0.297 bits per heavy atom.